The number of alkyl halides is 4. The van der Waals surface area contributed by atoms with Crippen LogP contribution in [-0.2, 0) is 30.0 Å². The zero-order chi connectivity index (χ0) is 32.3. The number of methoxy groups -OCH3 is 1. The lowest BCUT2D eigenvalue weighted by Crippen LogP contribution is -2.38. The number of allylic oxidation sites excluding steroid dienone is 1. The summed E-state index contributed by atoms with van der Waals surface area (Å²) in [5, 5.41) is 2.42. The van der Waals surface area contributed by atoms with Crippen LogP contribution in [0.5, 0.6) is 0 Å². The zero-order valence-corrected chi connectivity index (χ0v) is 23.1. The van der Waals surface area contributed by atoms with Crippen molar-refractivity contribution in [2.45, 2.75) is 19.0 Å². The number of esters is 2. The van der Waals surface area contributed by atoms with E-state index in [1.165, 1.54) is 19.1 Å². The molecule has 2 aromatic carbocycles. The van der Waals surface area contributed by atoms with Gasteiger partial charge in [0.1, 0.15) is 18.3 Å². The van der Waals surface area contributed by atoms with Gasteiger partial charge in [-0.05, 0) is 31.2 Å². The molecule has 2 heterocycles. The zero-order valence-electron chi connectivity index (χ0n) is 23.1. The van der Waals surface area contributed by atoms with Gasteiger partial charge < -0.3 is 19.5 Å². The van der Waals surface area contributed by atoms with Crippen molar-refractivity contribution < 1.29 is 59.7 Å². The summed E-state index contributed by atoms with van der Waals surface area (Å²) in [6.45, 7) is -1.85. The minimum atomic E-state index is -5.52. The summed E-state index contributed by atoms with van der Waals surface area (Å²) in [6, 6.07) is 6.66. The SMILES string of the molecule is CCOC(=O)C1=C(COCCN2C(=O)c3ccccc3C2=O)NC(CF)=C(C(=O)OC)C1c1c(F)ccc(F)c1C(F)(F)F. The fourth-order valence-electron chi connectivity index (χ4n) is 5.03. The highest BCUT2D eigenvalue weighted by molar-refractivity contribution is 6.21. The van der Waals surface area contributed by atoms with Gasteiger partial charge in [0.25, 0.3) is 11.8 Å². The van der Waals surface area contributed by atoms with Crippen molar-refractivity contribution >= 4 is 23.8 Å². The quantitative estimate of drug-likeness (QED) is 0.181. The Kier molecular flexibility index (Phi) is 9.47. The third-order valence-electron chi connectivity index (χ3n) is 6.86. The van der Waals surface area contributed by atoms with Crippen LogP contribution >= 0.6 is 0 Å². The number of dihydropyridines is 1. The molecular weight excluding hydrogens is 602 g/mol. The Balaban J connectivity index is 1.77. The summed E-state index contributed by atoms with van der Waals surface area (Å²) >= 11 is 0. The molecule has 2 aromatic rings. The van der Waals surface area contributed by atoms with E-state index in [0.717, 1.165) is 12.0 Å². The van der Waals surface area contributed by atoms with Crippen molar-refractivity contribution in [1.82, 2.24) is 10.2 Å². The van der Waals surface area contributed by atoms with Crippen LogP contribution in [0.2, 0.25) is 0 Å². The van der Waals surface area contributed by atoms with Crippen LogP contribution in [0.25, 0.3) is 0 Å². The Morgan fingerprint density at radius 1 is 0.932 bits per heavy atom. The van der Waals surface area contributed by atoms with E-state index >= 15 is 4.39 Å². The van der Waals surface area contributed by atoms with Crippen LogP contribution in [0.1, 0.15) is 44.7 Å². The van der Waals surface area contributed by atoms with Gasteiger partial charge in [0, 0.05) is 5.56 Å². The normalized spacial score (nSPS) is 16.7. The molecule has 2 aliphatic rings. The number of ether oxygens (including phenoxy) is 3. The molecule has 0 radical (unpaired) electrons. The van der Waals surface area contributed by atoms with Gasteiger partial charge in [-0.15, -0.1) is 0 Å². The monoisotopic (exact) mass is 626 g/mol. The fraction of sp³-hybridized carbons (Fsp3) is 0.310. The minimum Gasteiger partial charge on any atom is -0.466 e. The molecule has 0 aromatic heterocycles. The van der Waals surface area contributed by atoms with E-state index < -0.39 is 94.4 Å². The molecule has 1 atom stereocenters. The summed E-state index contributed by atoms with van der Waals surface area (Å²) in [5.74, 6) is -9.89. The lowest BCUT2D eigenvalue weighted by Gasteiger charge is -2.33. The average Bonchev–Trinajstić information content (AvgIpc) is 3.23. The molecule has 44 heavy (non-hydrogen) atoms. The number of benzene rings is 2. The van der Waals surface area contributed by atoms with Crippen LogP contribution < -0.4 is 5.32 Å². The van der Waals surface area contributed by atoms with E-state index in [0.29, 0.717) is 6.07 Å². The van der Waals surface area contributed by atoms with Crippen molar-refractivity contribution in [2.75, 3.05) is 40.1 Å². The molecule has 2 aliphatic heterocycles. The number of hydrogen-bond acceptors (Lipinski definition) is 8. The minimum absolute atomic E-state index is 0.173. The van der Waals surface area contributed by atoms with E-state index in [-0.39, 0.29) is 37.0 Å². The number of halogens is 6. The Morgan fingerprint density at radius 2 is 1.52 bits per heavy atom. The third-order valence-corrected chi connectivity index (χ3v) is 6.86. The number of nitrogens with zero attached hydrogens (tertiary/aromatic N) is 1. The topological polar surface area (TPSA) is 111 Å². The molecule has 0 saturated carbocycles. The van der Waals surface area contributed by atoms with Gasteiger partial charge in [-0.2, -0.15) is 13.2 Å². The van der Waals surface area contributed by atoms with Gasteiger partial charge in [-0.25, -0.2) is 22.8 Å². The maximum atomic E-state index is 15.3. The number of hydrogen-bond donors (Lipinski definition) is 1. The molecule has 0 bridgehead atoms. The van der Waals surface area contributed by atoms with Gasteiger partial charge >= 0.3 is 18.1 Å². The second-order valence-electron chi connectivity index (χ2n) is 9.36. The van der Waals surface area contributed by atoms with Crippen molar-refractivity contribution in [2.24, 2.45) is 0 Å². The maximum Gasteiger partial charge on any atom is 0.419 e. The predicted molar refractivity (Wildman–Crippen MR) is 139 cm³/mol. The van der Waals surface area contributed by atoms with Crippen molar-refractivity contribution in [3.05, 3.63) is 92.8 Å². The average molecular weight is 627 g/mol. The van der Waals surface area contributed by atoms with Crippen molar-refractivity contribution in [1.29, 1.82) is 0 Å². The summed E-state index contributed by atoms with van der Waals surface area (Å²) < 4.78 is 102. The third kappa shape index (κ3) is 5.91. The lowest BCUT2D eigenvalue weighted by atomic mass is 9.77. The highest BCUT2D eigenvalue weighted by Gasteiger charge is 2.47. The summed E-state index contributed by atoms with van der Waals surface area (Å²) in [5.41, 5.74) is -6.13. The second-order valence-corrected chi connectivity index (χ2v) is 9.36. The van der Waals surface area contributed by atoms with Crippen LogP contribution in [0.15, 0.2) is 58.9 Å². The van der Waals surface area contributed by atoms with E-state index in [4.69, 9.17) is 9.47 Å². The van der Waals surface area contributed by atoms with Gasteiger partial charge in [0.15, 0.2) is 0 Å². The van der Waals surface area contributed by atoms with Gasteiger partial charge in [0.2, 0.25) is 0 Å². The molecule has 0 aliphatic carbocycles. The molecule has 1 unspecified atom stereocenters. The van der Waals surface area contributed by atoms with Crippen molar-refractivity contribution in [3.8, 4) is 0 Å². The van der Waals surface area contributed by atoms with E-state index in [1.54, 1.807) is 12.1 Å². The Hall–Kier alpha value is -4.66. The molecule has 4 rings (SSSR count). The predicted octanol–water partition coefficient (Wildman–Crippen LogP) is 4.20. The van der Waals surface area contributed by atoms with Crippen LogP contribution in [-0.4, -0.2) is 68.8 Å². The van der Waals surface area contributed by atoms with E-state index in [2.05, 4.69) is 10.1 Å². The first-order valence-electron chi connectivity index (χ1n) is 13.0. The molecule has 1 N–H and O–H groups in total. The summed E-state index contributed by atoms with van der Waals surface area (Å²) in [6.07, 6.45) is -5.52. The first-order chi connectivity index (χ1) is 20.9. The Morgan fingerprint density at radius 3 is 2.07 bits per heavy atom. The number of rotatable bonds is 10. The van der Waals surface area contributed by atoms with Crippen LogP contribution in [0.4, 0.5) is 26.3 Å². The molecule has 0 fully saturated rings. The van der Waals surface area contributed by atoms with E-state index in [1.807, 2.05) is 0 Å². The van der Waals surface area contributed by atoms with Crippen LogP contribution in [0, 0.1) is 11.6 Å². The van der Waals surface area contributed by atoms with Gasteiger partial charge in [0.05, 0.1) is 78.6 Å². The van der Waals surface area contributed by atoms with Crippen molar-refractivity contribution in [3.63, 3.8) is 0 Å². The molecule has 234 valence electrons. The Labute approximate surface area is 246 Å². The summed E-state index contributed by atoms with van der Waals surface area (Å²) in [4.78, 5) is 52.2. The number of carbonyl (C=O) groups is 4. The first kappa shape index (κ1) is 32.3. The van der Waals surface area contributed by atoms with E-state index in [9.17, 15) is 41.1 Å². The highest BCUT2D eigenvalue weighted by Crippen LogP contribution is 2.46. The first-order valence-corrected chi connectivity index (χ1v) is 13.0. The smallest absolute Gasteiger partial charge is 0.419 e. The number of carbonyl (C=O) groups excluding carboxylic acids is 4. The molecule has 15 heteroatoms. The molecule has 0 saturated heterocycles. The Bertz CT molecular complexity index is 1550. The number of imide groups is 1. The molecule has 2 amide bonds. The largest absolute Gasteiger partial charge is 0.466 e. The number of fused-ring (bicyclic) bond motifs is 1. The number of amides is 2. The second kappa shape index (κ2) is 12.9. The standard InChI is InChI=1S/C29H24F6N2O7/c1-3-44-28(41)22-19(13-43-11-10-37-25(38)14-6-4-5-7-15(14)26(37)39)36-18(12-30)21(27(40)42-2)23(22)20-16(31)8-9-17(32)24(20)29(33,34)35/h4-9,23,36H,3,10-13H2,1-2H3. The van der Waals surface area contributed by atoms with Crippen LogP contribution in [0.3, 0.4) is 0 Å². The molecular formula is C29H24F6N2O7. The van der Waals surface area contributed by atoms with Gasteiger partial charge in [-0.1, -0.05) is 12.1 Å². The summed E-state index contributed by atoms with van der Waals surface area (Å²) in [7, 11) is 0.820. The fourth-order valence-corrected chi connectivity index (χ4v) is 5.03. The highest BCUT2D eigenvalue weighted by atomic mass is 19.4. The van der Waals surface area contributed by atoms with Gasteiger partial charge in [-0.3, -0.25) is 14.5 Å². The number of nitrogens with one attached hydrogen (secondary N) is 1. The lowest BCUT2D eigenvalue weighted by molar-refractivity contribution is -0.143. The maximum absolute atomic E-state index is 15.3. The molecule has 0 spiro atoms. The molecule has 9 nitrogen and oxygen atoms in total.